The van der Waals surface area contributed by atoms with Crippen molar-refractivity contribution in [2.24, 2.45) is 5.92 Å². The van der Waals surface area contributed by atoms with Crippen LogP contribution in [0.15, 0.2) is 0 Å². The number of nitrogens with zero attached hydrogens (tertiary/aromatic N) is 1. The number of carbonyl (C=O) groups excluding carboxylic acids is 1. The van der Waals surface area contributed by atoms with Gasteiger partial charge in [0.15, 0.2) is 0 Å². The summed E-state index contributed by atoms with van der Waals surface area (Å²) in [5.41, 5.74) is 0. The zero-order valence-electron chi connectivity index (χ0n) is 11.6. The fourth-order valence-electron chi connectivity index (χ4n) is 2.21. The average molecular weight is 292 g/mol. The lowest BCUT2D eigenvalue weighted by molar-refractivity contribution is -0.126. The number of carbonyl (C=O) groups is 1. The summed E-state index contributed by atoms with van der Waals surface area (Å²) >= 11 is 0. The van der Waals surface area contributed by atoms with Crippen molar-refractivity contribution in [2.45, 2.75) is 39.2 Å². The average Bonchev–Trinajstić information content (AvgIpc) is 2.39. The molecule has 1 fully saturated rings. The second-order valence-corrected chi connectivity index (χ2v) is 7.25. The molecule has 0 aliphatic carbocycles. The molecule has 112 valence electrons. The summed E-state index contributed by atoms with van der Waals surface area (Å²) in [5.74, 6) is -0.0452. The number of nitrogens with one attached hydrogen (secondary N) is 1. The first-order chi connectivity index (χ1) is 8.90. The van der Waals surface area contributed by atoms with Gasteiger partial charge < -0.3 is 10.4 Å². The Morgan fingerprint density at radius 1 is 1.42 bits per heavy atom. The van der Waals surface area contributed by atoms with Crippen molar-refractivity contribution >= 4 is 15.9 Å². The van der Waals surface area contributed by atoms with Crippen LogP contribution >= 0.6 is 0 Å². The number of rotatable bonds is 6. The van der Waals surface area contributed by atoms with E-state index in [2.05, 4.69) is 5.32 Å². The van der Waals surface area contributed by atoms with Crippen molar-refractivity contribution in [1.29, 1.82) is 0 Å². The molecule has 7 heteroatoms. The number of aliphatic hydroxyl groups is 1. The molecule has 19 heavy (non-hydrogen) atoms. The van der Waals surface area contributed by atoms with Gasteiger partial charge in [-0.1, -0.05) is 0 Å². The topological polar surface area (TPSA) is 86.7 Å². The molecule has 1 atom stereocenters. The van der Waals surface area contributed by atoms with E-state index in [4.69, 9.17) is 5.11 Å². The van der Waals surface area contributed by atoms with Gasteiger partial charge in [0.2, 0.25) is 15.9 Å². The van der Waals surface area contributed by atoms with E-state index in [9.17, 15) is 13.2 Å². The smallest absolute Gasteiger partial charge is 0.223 e. The van der Waals surface area contributed by atoms with Crippen LogP contribution < -0.4 is 5.32 Å². The first-order valence-corrected chi connectivity index (χ1v) is 8.40. The van der Waals surface area contributed by atoms with Crippen LogP contribution in [-0.2, 0) is 14.8 Å². The lowest BCUT2D eigenvalue weighted by Gasteiger charge is -2.30. The molecule has 0 bridgehead atoms. The molecule has 0 aromatic rings. The Balaban J connectivity index is 2.43. The Kier molecular flexibility index (Phi) is 6.22. The molecule has 1 amide bonds. The zero-order chi connectivity index (χ0) is 14.5. The van der Waals surface area contributed by atoms with Crippen LogP contribution in [-0.4, -0.2) is 55.2 Å². The van der Waals surface area contributed by atoms with Crippen molar-refractivity contribution in [1.82, 2.24) is 9.62 Å². The van der Waals surface area contributed by atoms with Crippen LogP contribution in [0.1, 0.15) is 33.1 Å². The molecule has 2 N–H and O–H groups in total. The third-order valence-electron chi connectivity index (χ3n) is 3.53. The van der Waals surface area contributed by atoms with Gasteiger partial charge in [0.25, 0.3) is 0 Å². The van der Waals surface area contributed by atoms with Crippen LogP contribution in [0.4, 0.5) is 0 Å². The number of piperidine rings is 1. The molecule has 1 aliphatic rings. The summed E-state index contributed by atoms with van der Waals surface area (Å²) in [5, 5.41) is 11.6. The number of amides is 1. The van der Waals surface area contributed by atoms with E-state index in [1.54, 1.807) is 6.92 Å². The van der Waals surface area contributed by atoms with Crippen molar-refractivity contribution in [3.63, 3.8) is 0 Å². The Bertz CT molecular complexity index is 389. The molecular weight excluding hydrogens is 268 g/mol. The third-order valence-corrected chi connectivity index (χ3v) is 5.42. The van der Waals surface area contributed by atoms with Crippen molar-refractivity contribution in [3.8, 4) is 0 Å². The van der Waals surface area contributed by atoms with Crippen molar-refractivity contribution in [2.75, 3.05) is 25.4 Å². The number of hydrogen-bond acceptors (Lipinski definition) is 4. The van der Waals surface area contributed by atoms with Crippen molar-refractivity contribution in [3.05, 3.63) is 0 Å². The van der Waals surface area contributed by atoms with E-state index in [1.165, 1.54) is 4.31 Å². The second kappa shape index (κ2) is 7.21. The van der Waals surface area contributed by atoms with Crippen LogP contribution in [0.2, 0.25) is 0 Å². The highest BCUT2D eigenvalue weighted by Gasteiger charge is 2.30. The van der Waals surface area contributed by atoms with Gasteiger partial charge in [-0.2, -0.15) is 0 Å². The Morgan fingerprint density at radius 3 is 2.47 bits per heavy atom. The molecule has 0 aromatic heterocycles. The molecule has 6 nitrogen and oxygen atoms in total. The van der Waals surface area contributed by atoms with Gasteiger partial charge in [0.1, 0.15) is 0 Å². The molecule has 0 saturated carbocycles. The summed E-state index contributed by atoms with van der Waals surface area (Å²) in [4.78, 5) is 11.9. The lowest BCUT2D eigenvalue weighted by Crippen LogP contribution is -2.45. The van der Waals surface area contributed by atoms with Crippen LogP contribution in [0.25, 0.3) is 0 Å². The highest BCUT2D eigenvalue weighted by atomic mass is 32.2. The SMILES string of the molecule is CCS(=O)(=O)N1CCC(C(=O)NC(C)CCO)CC1. The van der Waals surface area contributed by atoms with Gasteiger partial charge in [-0.15, -0.1) is 0 Å². The molecule has 1 saturated heterocycles. The van der Waals surface area contributed by atoms with Crippen LogP contribution in [0, 0.1) is 5.92 Å². The first-order valence-electron chi connectivity index (χ1n) is 6.79. The fraction of sp³-hybridized carbons (Fsp3) is 0.917. The standard InChI is InChI=1S/C12H24N2O4S/c1-3-19(17,18)14-7-4-11(5-8-14)12(16)13-10(2)6-9-15/h10-11,15H,3-9H2,1-2H3,(H,13,16). The molecule has 1 unspecified atom stereocenters. The monoisotopic (exact) mass is 292 g/mol. The van der Waals surface area contributed by atoms with E-state index < -0.39 is 10.0 Å². The van der Waals surface area contributed by atoms with E-state index in [0.717, 1.165) is 0 Å². The van der Waals surface area contributed by atoms with Gasteiger partial charge in [-0.05, 0) is 33.1 Å². The highest BCUT2D eigenvalue weighted by Crippen LogP contribution is 2.20. The lowest BCUT2D eigenvalue weighted by atomic mass is 9.97. The van der Waals surface area contributed by atoms with E-state index in [-0.39, 0.29) is 30.2 Å². The normalized spacial score (nSPS) is 20.2. The molecule has 1 aliphatic heterocycles. The molecule has 1 heterocycles. The van der Waals surface area contributed by atoms with E-state index in [0.29, 0.717) is 32.4 Å². The third kappa shape index (κ3) is 4.74. The predicted octanol–water partition coefficient (Wildman–Crippen LogP) is -0.0648. The minimum atomic E-state index is -3.13. The van der Waals surface area contributed by atoms with Gasteiger partial charge in [-0.3, -0.25) is 4.79 Å². The van der Waals surface area contributed by atoms with Crippen LogP contribution in [0.3, 0.4) is 0 Å². The first kappa shape index (κ1) is 16.4. The fourth-order valence-corrected chi connectivity index (χ4v) is 3.34. The molecule has 1 rings (SSSR count). The summed E-state index contributed by atoms with van der Waals surface area (Å²) in [6.45, 7) is 4.37. The van der Waals surface area contributed by atoms with Gasteiger partial charge in [0, 0.05) is 31.7 Å². The van der Waals surface area contributed by atoms with E-state index >= 15 is 0 Å². The van der Waals surface area contributed by atoms with Gasteiger partial charge >= 0.3 is 0 Å². The molecule has 0 spiro atoms. The molecular formula is C12H24N2O4S. The maximum atomic E-state index is 11.9. The second-order valence-electron chi connectivity index (χ2n) is 5.00. The van der Waals surface area contributed by atoms with E-state index in [1.807, 2.05) is 6.92 Å². The van der Waals surface area contributed by atoms with Gasteiger partial charge in [0.05, 0.1) is 5.75 Å². The maximum Gasteiger partial charge on any atom is 0.223 e. The Hall–Kier alpha value is -0.660. The maximum absolute atomic E-state index is 11.9. The molecule has 0 aromatic carbocycles. The van der Waals surface area contributed by atoms with Crippen molar-refractivity contribution < 1.29 is 18.3 Å². The predicted molar refractivity (Wildman–Crippen MR) is 73.1 cm³/mol. The minimum absolute atomic E-state index is 0.0329. The Morgan fingerprint density at radius 2 is 2.00 bits per heavy atom. The quantitative estimate of drug-likeness (QED) is 0.718. The molecule has 0 radical (unpaired) electrons. The zero-order valence-corrected chi connectivity index (χ0v) is 12.4. The van der Waals surface area contributed by atoms with Gasteiger partial charge in [-0.25, -0.2) is 12.7 Å². The summed E-state index contributed by atoms with van der Waals surface area (Å²) in [6.07, 6.45) is 1.67. The number of hydrogen-bond donors (Lipinski definition) is 2. The largest absolute Gasteiger partial charge is 0.396 e. The number of sulfonamides is 1. The highest BCUT2D eigenvalue weighted by molar-refractivity contribution is 7.89. The van der Waals surface area contributed by atoms with Crippen LogP contribution in [0.5, 0.6) is 0 Å². The number of aliphatic hydroxyl groups excluding tert-OH is 1. The Labute approximate surface area is 115 Å². The summed E-state index contributed by atoms with van der Waals surface area (Å²) < 4.78 is 24.8. The minimum Gasteiger partial charge on any atom is -0.396 e. The summed E-state index contributed by atoms with van der Waals surface area (Å²) in [6, 6.07) is -0.0464. The summed E-state index contributed by atoms with van der Waals surface area (Å²) in [7, 11) is -3.13.